The van der Waals surface area contributed by atoms with E-state index in [0.717, 1.165) is 5.56 Å². The normalized spacial score (nSPS) is 11.9. The van der Waals surface area contributed by atoms with E-state index in [-0.39, 0.29) is 12.5 Å². The van der Waals surface area contributed by atoms with E-state index in [0.29, 0.717) is 10.6 Å². The number of nitrogens with zero attached hydrogens (tertiary/aromatic N) is 4. The predicted octanol–water partition coefficient (Wildman–Crippen LogP) is 4.63. The number of hydrogen-bond acceptors (Lipinski definition) is 3. The van der Waals surface area contributed by atoms with Crippen LogP contribution in [0.1, 0.15) is 37.9 Å². The molecule has 0 spiro atoms. The van der Waals surface area contributed by atoms with Gasteiger partial charge >= 0.3 is 0 Å². The maximum absolute atomic E-state index is 13.3. The Morgan fingerprint density at radius 2 is 1.76 bits per heavy atom. The van der Waals surface area contributed by atoms with Crippen LogP contribution in [0.25, 0.3) is 10.4 Å². The van der Waals surface area contributed by atoms with Crippen molar-refractivity contribution in [3.63, 3.8) is 0 Å². The average molecular weight is 414 g/mol. The Morgan fingerprint density at radius 1 is 1.14 bits per heavy atom. The fraction of sp³-hybridized carbons (Fsp3) is 0.333. The van der Waals surface area contributed by atoms with E-state index in [1.807, 2.05) is 51.1 Å². The number of carbonyl (C=O) groups excluding carboxylic acids is 2. The van der Waals surface area contributed by atoms with E-state index >= 15 is 0 Å². The molecule has 152 valence electrons. The van der Waals surface area contributed by atoms with Crippen LogP contribution in [-0.4, -0.2) is 28.8 Å². The molecule has 0 aliphatic carbocycles. The van der Waals surface area contributed by atoms with Crippen LogP contribution >= 0.6 is 11.6 Å². The summed E-state index contributed by atoms with van der Waals surface area (Å²) in [4.78, 5) is 30.3. The zero-order valence-corrected chi connectivity index (χ0v) is 17.4. The summed E-state index contributed by atoms with van der Waals surface area (Å²) < 4.78 is 0. The molecule has 0 heterocycles. The molecule has 1 N–H and O–H groups in total. The van der Waals surface area contributed by atoms with Gasteiger partial charge in [0.05, 0.1) is 0 Å². The van der Waals surface area contributed by atoms with E-state index < -0.39 is 24.0 Å². The molecule has 0 bridgehead atoms. The van der Waals surface area contributed by atoms with Gasteiger partial charge in [0.15, 0.2) is 0 Å². The van der Waals surface area contributed by atoms with Gasteiger partial charge in [0.25, 0.3) is 0 Å². The zero-order valence-electron chi connectivity index (χ0n) is 16.7. The molecular weight excluding hydrogens is 390 g/mol. The van der Waals surface area contributed by atoms with Crippen LogP contribution in [-0.2, 0) is 16.1 Å². The van der Waals surface area contributed by atoms with E-state index in [4.69, 9.17) is 17.1 Å². The largest absolute Gasteiger partial charge is 0.349 e. The number of rotatable bonds is 7. The second kappa shape index (κ2) is 9.96. The van der Waals surface area contributed by atoms with Crippen LogP contribution in [0.2, 0.25) is 5.02 Å². The highest BCUT2D eigenvalue weighted by atomic mass is 35.5. The van der Waals surface area contributed by atoms with Gasteiger partial charge in [-0.3, -0.25) is 9.59 Å². The zero-order chi connectivity index (χ0) is 21.4. The van der Waals surface area contributed by atoms with Crippen molar-refractivity contribution in [2.75, 3.05) is 6.54 Å². The van der Waals surface area contributed by atoms with Crippen molar-refractivity contribution in [1.82, 2.24) is 10.2 Å². The Bertz CT molecular complexity index is 905. The monoisotopic (exact) mass is 413 g/mol. The average Bonchev–Trinajstić information content (AvgIpc) is 2.66. The highest BCUT2D eigenvalue weighted by Gasteiger charge is 2.34. The summed E-state index contributed by atoms with van der Waals surface area (Å²) >= 11 is 6.39. The summed E-state index contributed by atoms with van der Waals surface area (Å²) in [5, 5.41) is 6.69. The van der Waals surface area contributed by atoms with E-state index in [1.54, 1.807) is 24.3 Å². The van der Waals surface area contributed by atoms with Gasteiger partial charge in [-0.15, -0.1) is 0 Å². The van der Waals surface area contributed by atoms with Crippen LogP contribution in [0.15, 0.2) is 59.7 Å². The Morgan fingerprint density at radius 3 is 2.34 bits per heavy atom. The summed E-state index contributed by atoms with van der Waals surface area (Å²) in [5.74, 6) is -0.837. The third-order valence-corrected chi connectivity index (χ3v) is 4.39. The lowest BCUT2D eigenvalue weighted by Gasteiger charge is -2.34. The topological polar surface area (TPSA) is 98.2 Å². The Hall–Kier alpha value is -3.02. The first-order chi connectivity index (χ1) is 13.7. The number of hydrogen-bond donors (Lipinski definition) is 1. The van der Waals surface area contributed by atoms with Crippen molar-refractivity contribution in [1.29, 1.82) is 0 Å². The van der Waals surface area contributed by atoms with Crippen molar-refractivity contribution in [3.05, 3.63) is 81.2 Å². The van der Waals surface area contributed by atoms with Crippen LogP contribution in [0.4, 0.5) is 0 Å². The molecule has 7 nitrogen and oxygen atoms in total. The van der Waals surface area contributed by atoms with Crippen LogP contribution in [0.5, 0.6) is 0 Å². The molecule has 0 aliphatic heterocycles. The molecule has 0 saturated heterocycles. The number of halogens is 1. The molecule has 0 aliphatic rings. The maximum Gasteiger partial charge on any atom is 0.247 e. The van der Waals surface area contributed by atoms with Gasteiger partial charge in [-0.25, -0.2) is 0 Å². The summed E-state index contributed by atoms with van der Waals surface area (Å²) in [6.07, 6.45) is 0. The Labute approximate surface area is 175 Å². The smallest absolute Gasteiger partial charge is 0.247 e. The molecule has 0 radical (unpaired) electrons. The third-order valence-electron chi connectivity index (χ3n) is 4.04. The molecule has 1 atom stereocenters. The summed E-state index contributed by atoms with van der Waals surface area (Å²) in [5.41, 5.74) is 9.46. The van der Waals surface area contributed by atoms with Crippen LogP contribution in [0.3, 0.4) is 0 Å². The molecule has 2 rings (SSSR count). The minimum atomic E-state index is -0.982. The first-order valence-electron chi connectivity index (χ1n) is 9.13. The van der Waals surface area contributed by atoms with Gasteiger partial charge in [0, 0.05) is 27.6 Å². The number of azide groups is 1. The van der Waals surface area contributed by atoms with Gasteiger partial charge in [-0.05, 0) is 37.9 Å². The molecule has 29 heavy (non-hydrogen) atoms. The minimum absolute atomic E-state index is 0.161. The molecule has 2 aromatic carbocycles. The fourth-order valence-electron chi connectivity index (χ4n) is 2.87. The number of nitrogens with one attached hydrogen (secondary N) is 1. The quantitative estimate of drug-likeness (QED) is 0.406. The third kappa shape index (κ3) is 6.52. The molecule has 2 aromatic rings. The van der Waals surface area contributed by atoms with Crippen molar-refractivity contribution >= 4 is 23.4 Å². The van der Waals surface area contributed by atoms with Crippen molar-refractivity contribution < 1.29 is 9.59 Å². The summed E-state index contributed by atoms with van der Waals surface area (Å²) in [6, 6.07) is 15.2. The van der Waals surface area contributed by atoms with Crippen molar-refractivity contribution in [3.8, 4) is 0 Å². The fourth-order valence-corrected chi connectivity index (χ4v) is 3.11. The molecule has 2 amide bonds. The predicted molar refractivity (Wildman–Crippen MR) is 113 cm³/mol. The van der Waals surface area contributed by atoms with E-state index in [2.05, 4.69) is 15.3 Å². The van der Waals surface area contributed by atoms with Crippen LogP contribution in [0, 0.1) is 0 Å². The maximum atomic E-state index is 13.3. The summed E-state index contributed by atoms with van der Waals surface area (Å²) in [7, 11) is 0. The molecule has 0 aromatic heterocycles. The van der Waals surface area contributed by atoms with Gasteiger partial charge in [-0.1, -0.05) is 65.2 Å². The van der Waals surface area contributed by atoms with Crippen molar-refractivity contribution in [2.24, 2.45) is 5.11 Å². The molecule has 0 saturated carbocycles. The SMILES string of the molecule is CC(C)(C)NC(=O)C(c1ccccc1Cl)N(Cc1ccccc1)C(=O)CN=[N+]=[N-]. The second-order valence-corrected chi connectivity index (χ2v) is 7.97. The Kier molecular flexibility index (Phi) is 7.65. The highest BCUT2D eigenvalue weighted by molar-refractivity contribution is 6.31. The van der Waals surface area contributed by atoms with Crippen LogP contribution < -0.4 is 5.32 Å². The lowest BCUT2D eigenvalue weighted by Crippen LogP contribution is -2.49. The minimum Gasteiger partial charge on any atom is -0.349 e. The second-order valence-electron chi connectivity index (χ2n) is 7.56. The van der Waals surface area contributed by atoms with Gasteiger partial charge in [-0.2, -0.15) is 0 Å². The lowest BCUT2D eigenvalue weighted by atomic mass is 10.0. The first kappa shape index (κ1) is 22.3. The van der Waals surface area contributed by atoms with Gasteiger partial charge < -0.3 is 10.2 Å². The van der Waals surface area contributed by atoms with E-state index in [1.165, 1.54) is 4.90 Å². The molecule has 0 fully saturated rings. The highest BCUT2D eigenvalue weighted by Crippen LogP contribution is 2.30. The number of carbonyl (C=O) groups is 2. The standard InChI is InChI=1S/C21H24ClN5O2/c1-21(2,3)25-20(29)19(16-11-7-8-12-17(16)22)27(18(28)13-24-26-23)14-15-9-5-4-6-10-15/h4-12,19H,13-14H2,1-3H3,(H,25,29). The summed E-state index contributed by atoms with van der Waals surface area (Å²) in [6.45, 7) is 5.34. The molecular formula is C21H24ClN5O2. The number of amides is 2. The van der Waals surface area contributed by atoms with Crippen molar-refractivity contribution in [2.45, 2.75) is 38.9 Å². The lowest BCUT2D eigenvalue weighted by molar-refractivity contribution is -0.141. The van der Waals surface area contributed by atoms with E-state index in [9.17, 15) is 9.59 Å². The number of benzene rings is 2. The van der Waals surface area contributed by atoms with Gasteiger partial charge in [0.1, 0.15) is 12.6 Å². The molecule has 1 unspecified atom stereocenters. The molecule has 8 heteroatoms. The van der Waals surface area contributed by atoms with Gasteiger partial charge in [0.2, 0.25) is 11.8 Å². The first-order valence-corrected chi connectivity index (χ1v) is 9.51. The Balaban J connectivity index is 2.54.